The summed E-state index contributed by atoms with van der Waals surface area (Å²) >= 11 is 0. The van der Waals surface area contributed by atoms with Gasteiger partial charge in [0, 0.05) is 6.54 Å². The van der Waals surface area contributed by atoms with Crippen molar-refractivity contribution in [2.75, 3.05) is 6.54 Å². The lowest BCUT2D eigenvalue weighted by atomic mass is 10.0. The van der Waals surface area contributed by atoms with Crippen molar-refractivity contribution in [3.8, 4) is 5.75 Å². The predicted octanol–water partition coefficient (Wildman–Crippen LogP) is 3.54. The van der Waals surface area contributed by atoms with Crippen molar-refractivity contribution in [2.24, 2.45) is 5.92 Å². The van der Waals surface area contributed by atoms with Gasteiger partial charge in [0.2, 0.25) is 0 Å². The molecule has 1 aliphatic rings. The molecule has 1 fully saturated rings. The quantitative estimate of drug-likeness (QED) is 0.552. The van der Waals surface area contributed by atoms with E-state index in [1.807, 2.05) is 6.07 Å². The topological polar surface area (TPSA) is 92.7 Å². The number of aromatic hydroxyl groups is 1. The number of benzene rings is 2. The molecule has 4 aromatic rings. The van der Waals surface area contributed by atoms with E-state index in [1.165, 1.54) is 6.07 Å². The normalized spacial score (nSPS) is 14.3. The summed E-state index contributed by atoms with van der Waals surface area (Å²) in [5.41, 5.74) is 0.573. The van der Waals surface area contributed by atoms with E-state index in [4.69, 9.17) is 8.83 Å². The number of rotatable bonds is 3. The number of amides is 1. The molecule has 6 heteroatoms. The number of fused-ring (bicyclic) bond motifs is 5. The molecule has 0 saturated heterocycles. The fourth-order valence-electron chi connectivity index (χ4n) is 3.34. The molecular weight excluding hydrogens is 334 g/mol. The molecule has 0 atom stereocenters. The van der Waals surface area contributed by atoms with Crippen molar-refractivity contribution in [3.63, 3.8) is 0 Å². The number of phenols is 1. The van der Waals surface area contributed by atoms with Crippen LogP contribution in [0.4, 0.5) is 0 Å². The second-order valence-corrected chi connectivity index (χ2v) is 6.68. The van der Waals surface area contributed by atoms with Crippen LogP contribution in [-0.2, 0) is 0 Å². The maximum absolute atomic E-state index is 12.7. The van der Waals surface area contributed by atoms with Crippen molar-refractivity contribution in [1.82, 2.24) is 5.32 Å². The molecule has 26 heavy (non-hydrogen) atoms. The van der Waals surface area contributed by atoms with E-state index >= 15 is 0 Å². The van der Waals surface area contributed by atoms with Crippen LogP contribution in [0.1, 0.15) is 23.2 Å². The molecule has 0 unspecified atom stereocenters. The van der Waals surface area contributed by atoms with Crippen LogP contribution in [0.3, 0.4) is 0 Å². The fraction of sp³-hybridized carbons (Fsp3) is 0.200. The van der Waals surface area contributed by atoms with Crippen molar-refractivity contribution >= 4 is 38.8 Å². The van der Waals surface area contributed by atoms with Crippen LogP contribution in [0.25, 0.3) is 32.9 Å². The highest BCUT2D eigenvalue weighted by molar-refractivity contribution is 6.20. The Morgan fingerprint density at radius 1 is 1.08 bits per heavy atom. The third kappa shape index (κ3) is 2.19. The number of nitrogens with one attached hydrogen (secondary N) is 1. The molecule has 1 saturated carbocycles. The zero-order chi connectivity index (χ0) is 17.8. The Labute approximate surface area is 147 Å². The minimum absolute atomic E-state index is 0.0458. The molecule has 130 valence electrons. The van der Waals surface area contributed by atoms with Gasteiger partial charge < -0.3 is 19.3 Å². The van der Waals surface area contributed by atoms with Crippen molar-refractivity contribution in [1.29, 1.82) is 0 Å². The molecule has 2 aromatic heterocycles. The average molecular weight is 349 g/mol. The Balaban J connectivity index is 1.83. The molecule has 2 heterocycles. The predicted molar refractivity (Wildman–Crippen MR) is 96.5 cm³/mol. The van der Waals surface area contributed by atoms with Gasteiger partial charge in [-0.15, -0.1) is 0 Å². The van der Waals surface area contributed by atoms with Crippen LogP contribution in [0, 0.1) is 5.92 Å². The van der Waals surface area contributed by atoms with Gasteiger partial charge in [0.25, 0.3) is 5.91 Å². The smallest absolute Gasteiger partial charge is 0.348 e. The van der Waals surface area contributed by atoms with Crippen LogP contribution >= 0.6 is 0 Å². The standard InChI is InChI=1S/C20H15NO5/c22-12-7-8-14-16(15(12)19(23)21-9-10-5-6-10)17-18(25-14)11-3-1-2-4-13(11)26-20(17)24/h1-4,7-8,10,22H,5-6,9H2,(H,21,23). The lowest BCUT2D eigenvalue weighted by Gasteiger charge is -2.07. The Bertz CT molecular complexity index is 1250. The number of hydrogen-bond acceptors (Lipinski definition) is 5. The molecule has 1 amide bonds. The summed E-state index contributed by atoms with van der Waals surface area (Å²) in [6.45, 7) is 0.558. The molecular formula is C20H15NO5. The summed E-state index contributed by atoms with van der Waals surface area (Å²) in [6.07, 6.45) is 2.20. The zero-order valence-electron chi connectivity index (χ0n) is 13.7. The molecule has 1 aliphatic carbocycles. The third-order valence-corrected chi connectivity index (χ3v) is 4.85. The van der Waals surface area contributed by atoms with Gasteiger partial charge in [-0.05, 0) is 43.0 Å². The average Bonchev–Trinajstić information content (AvgIpc) is 3.38. The SMILES string of the molecule is O=C(NCC1CC1)c1c(O)ccc2oc3c4ccccc4oc(=O)c3c12. The fourth-order valence-corrected chi connectivity index (χ4v) is 3.34. The maximum Gasteiger partial charge on any atom is 0.348 e. The number of furan rings is 1. The van der Waals surface area contributed by atoms with Crippen LogP contribution < -0.4 is 10.9 Å². The first-order valence-corrected chi connectivity index (χ1v) is 8.51. The molecule has 6 nitrogen and oxygen atoms in total. The van der Waals surface area contributed by atoms with E-state index in [0.717, 1.165) is 12.8 Å². The highest BCUT2D eigenvalue weighted by Gasteiger charge is 2.26. The Kier molecular flexibility index (Phi) is 3.09. The van der Waals surface area contributed by atoms with E-state index in [-0.39, 0.29) is 22.1 Å². The second-order valence-electron chi connectivity index (χ2n) is 6.68. The van der Waals surface area contributed by atoms with E-state index in [1.54, 1.807) is 24.3 Å². The van der Waals surface area contributed by atoms with Gasteiger partial charge in [-0.2, -0.15) is 0 Å². The Morgan fingerprint density at radius 3 is 2.69 bits per heavy atom. The molecule has 0 radical (unpaired) electrons. The molecule has 2 aromatic carbocycles. The Morgan fingerprint density at radius 2 is 1.88 bits per heavy atom. The number of carbonyl (C=O) groups is 1. The summed E-state index contributed by atoms with van der Waals surface area (Å²) in [5.74, 6) is -0.119. The monoisotopic (exact) mass is 349 g/mol. The van der Waals surface area contributed by atoms with Gasteiger partial charge in [0.05, 0.1) is 16.3 Å². The lowest BCUT2D eigenvalue weighted by Crippen LogP contribution is -2.25. The van der Waals surface area contributed by atoms with Gasteiger partial charge in [0.1, 0.15) is 22.3 Å². The minimum atomic E-state index is -0.598. The molecule has 5 rings (SSSR count). The van der Waals surface area contributed by atoms with Crippen LogP contribution in [0.15, 0.2) is 50.0 Å². The van der Waals surface area contributed by atoms with Crippen LogP contribution in [-0.4, -0.2) is 17.6 Å². The molecule has 2 N–H and O–H groups in total. The van der Waals surface area contributed by atoms with E-state index in [0.29, 0.717) is 34.6 Å². The highest BCUT2D eigenvalue weighted by Crippen LogP contribution is 2.37. The van der Waals surface area contributed by atoms with Gasteiger partial charge in [-0.25, -0.2) is 4.79 Å². The van der Waals surface area contributed by atoms with E-state index in [9.17, 15) is 14.7 Å². The number of para-hydroxylation sites is 1. The van der Waals surface area contributed by atoms with Gasteiger partial charge in [-0.3, -0.25) is 4.79 Å². The summed E-state index contributed by atoms with van der Waals surface area (Å²) in [6, 6.07) is 10.0. The lowest BCUT2D eigenvalue weighted by molar-refractivity contribution is 0.0951. The number of carbonyl (C=O) groups excluding carboxylic acids is 1. The largest absolute Gasteiger partial charge is 0.507 e. The van der Waals surface area contributed by atoms with E-state index < -0.39 is 11.5 Å². The summed E-state index contributed by atoms with van der Waals surface area (Å²) in [7, 11) is 0. The number of phenolic OH excluding ortho intramolecular Hbond substituents is 1. The first kappa shape index (κ1) is 15.0. The molecule has 0 bridgehead atoms. The maximum atomic E-state index is 12.7. The minimum Gasteiger partial charge on any atom is -0.507 e. The third-order valence-electron chi connectivity index (χ3n) is 4.85. The van der Waals surface area contributed by atoms with Crippen molar-refractivity contribution < 1.29 is 18.7 Å². The van der Waals surface area contributed by atoms with Gasteiger partial charge in [0.15, 0.2) is 5.58 Å². The summed E-state index contributed by atoms with van der Waals surface area (Å²) in [5, 5.41) is 14.2. The zero-order valence-corrected chi connectivity index (χ0v) is 13.7. The summed E-state index contributed by atoms with van der Waals surface area (Å²) < 4.78 is 11.3. The summed E-state index contributed by atoms with van der Waals surface area (Å²) in [4.78, 5) is 25.3. The first-order chi connectivity index (χ1) is 12.6. The first-order valence-electron chi connectivity index (χ1n) is 8.51. The number of hydrogen-bond donors (Lipinski definition) is 2. The molecule has 0 aliphatic heterocycles. The highest BCUT2D eigenvalue weighted by atomic mass is 16.4. The van der Waals surface area contributed by atoms with Crippen LogP contribution in [0.5, 0.6) is 5.75 Å². The molecule has 0 spiro atoms. The Hall–Kier alpha value is -3.28. The second kappa shape index (κ2) is 5.36. The van der Waals surface area contributed by atoms with E-state index in [2.05, 4.69) is 5.32 Å². The van der Waals surface area contributed by atoms with Gasteiger partial charge in [-0.1, -0.05) is 12.1 Å². The van der Waals surface area contributed by atoms with Crippen molar-refractivity contribution in [2.45, 2.75) is 12.8 Å². The van der Waals surface area contributed by atoms with Gasteiger partial charge >= 0.3 is 5.63 Å². The van der Waals surface area contributed by atoms with Crippen molar-refractivity contribution in [3.05, 3.63) is 52.4 Å². The van der Waals surface area contributed by atoms with Crippen LogP contribution in [0.2, 0.25) is 0 Å².